The first-order valence-corrected chi connectivity index (χ1v) is 10.7. The maximum atomic E-state index is 13.0. The summed E-state index contributed by atoms with van der Waals surface area (Å²) >= 11 is 0. The summed E-state index contributed by atoms with van der Waals surface area (Å²) in [5, 5.41) is 0. The van der Waals surface area contributed by atoms with Gasteiger partial charge in [-0.15, -0.1) is 0 Å². The molecule has 0 unspecified atom stereocenters. The summed E-state index contributed by atoms with van der Waals surface area (Å²) in [7, 11) is 0. The maximum absolute atomic E-state index is 13.0. The Balaban J connectivity index is 1.89. The van der Waals surface area contributed by atoms with Crippen LogP contribution < -0.4 is 0 Å². The van der Waals surface area contributed by atoms with Gasteiger partial charge >= 0.3 is 5.97 Å². The summed E-state index contributed by atoms with van der Waals surface area (Å²) in [6, 6.07) is 14.0. The molecule has 2 aromatic rings. The molecular weight excluding hydrogens is 372 g/mol. The summed E-state index contributed by atoms with van der Waals surface area (Å²) in [6.45, 7) is 12.5. The van der Waals surface area contributed by atoms with Crippen molar-refractivity contribution in [1.82, 2.24) is 0 Å². The van der Waals surface area contributed by atoms with Gasteiger partial charge in [-0.3, -0.25) is 4.79 Å². The van der Waals surface area contributed by atoms with Crippen LogP contribution in [0.3, 0.4) is 0 Å². The molecule has 3 nitrogen and oxygen atoms in total. The van der Waals surface area contributed by atoms with Gasteiger partial charge in [-0.25, -0.2) is 4.79 Å². The lowest BCUT2D eigenvalue weighted by atomic mass is 9.72. The van der Waals surface area contributed by atoms with Crippen molar-refractivity contribution < 1.29 is 14.3 Å². The van der Waals surface area contributed by atoms with Crippen LogP contribution in [0.2, 0.25) is 0 Å². The van der Waals surface area contributed by atoms with E-state index in [1.807, 2.05) is 12.1 Å². The van der Waals surface area contributed by atoms with Crippen molar-refractivity contribution in [2.24, 2.45) is 10.8 Å². The lowest BCUT2D eigenvalue weighted by Gasteiger charge is -2.30. The quantitative estimate of drug-likeness (QED) is 0.349. The number of fused-ring (bicyclic) bond motifs is 1. The van der Waals surface area contributed by atoms with Crippen molar-refractivity contribution in [1.29, 1.82) is 0 Å². The summed E-state index contributed by atoms with van der Waals surface area (Å²) in [4.78, 5) is 24.8. The Kier molecular flexibility index (Phi) is 6.03. The molecule has 158 valence electrons. The third-order valence-electron chi connectivity index (χ3n) is 5.96. The largest absolute Gasteiger partial charge is 0.462 e. The van der Waals surface area contributed by atoms with E-state index in [2.05, 4.69) is 58.9 Å². The van der Waals surface area contributed by atoms with Crippen LogP contribution in [0.1, 0.15) is 74.2 Å². The fourth-order valence-electron chi connectivity index (χ4n) is 4.50. The molecule has 0 radical (unpaired) electrons. The molecule has 0 amide bonds. The summed E-state index contributed by atoms with van der Waals surface area (Å²) in [5.74, 6) is 0.0392. The monoisotopic (exact) mass is 404 g/mol. The molecule has 2 aromatic carbocycles. The number of ketones is 1. The Morgan fingerprint density at radius 3 is 2.10 bits per heavy atom. The molecule has 1 aliphatic carbocycles. The topological polar surface area (TPSA) is 43.4 Å². The second-order valence-corrected chi connectivity index (χ2v) is 9.60. The predicted molar refractivity (Wildman–Crippen MR) is 122 cm³/mol. The van der Waals surface area contributed by atoms with Crippen LogP contribution in [0.15, 0.2) is 42.5 Å². The Labute approximate surface area is 180 Å². The number of ether oxygens (including phenoxy) is 1. The van der Waals surface area contributed by atoms with E-state index in [0.29, 0.717) is 18.0 Å². The van der Waals surface area contributed by atoms with Crippen molar-refractivity contribution in [2.45, 2.75) is 54.4 Å². The molecule has 0 saturated heterocycles. The van der Waals surface area contributed by atoms with E-state index in [1.54, 1.807) is 19.1 Å². The van der Waals surface area contributed by atoms with Crippen molar-refractivity contribution >= 4 is 23.4 Å². The lowest BCUT2D eigenvalue weighted by Crippen LogP contribution is -2.37. The molecule has 0 bridgehead atoms. The highest BCUT2D eigenvalue weighted by molar-refractivity contribution is 5.91. The number of carbonyl (C=O) groups is 2. The molecule has 3 rings (SSSR count). The zero-order valence-electron chi connectivity index (χ0n) is 19.0. The number of Topliss-reactive ketones (excluding diaryl/α,β-unsaturated/α-hetero) is 1. The Hall–Kier alpha value is -2.68. The first kappa shape index (κ1) is 22.0. The molecule has 3 heteroatoms. The summed E-state index contributed by atoms with van der Waals surface area (Å²) < 4.78 is 5.04. The van der Waals surface area contributed by atoms with Gasteiger partial charge < -0.3 is 4.74 Å². The predicted octanol–water partition coefficient (Wildman–Crippen LogP) is 6.14. The van der Waals surface area contributed by atoms with Crippen molar-refractivity contribution in [2.75, 3.05) is 6.61 Å². The van der Waals surface area contributed by atoms with Gasteiger partial charge in [0.25, 0.3) is 0 Å². The lowest BCUT2D eigenvalue weighted by molar-refractivity contribution is -0.135. The van der Waals surface area contributed by atoms with E-state index >= 15 is 0 Å². The smallest absolute Gasteiger partial charge is 0.338 e. The Bertz CT molecular complexity index is 991. The number of hydrogen-bond acceptors (Lipinski definition) is 3. The minimum Gasteiger partial charge on any atom is -0.462 e. The third-order valence-corrected chi connectivity index (χ3v) is 5.96. The highest BCUT2D eigenvalue weighted by Gasteiger charge is 2.42. The fraction of sp³-hybridized carbons (Fsp3) is 0.407. The number of allylic oxidation sites excluding steroid dienone is 1. The van der Waals surface area contributed by atoms with E-state index in [1.165, 1.54) is 11.1 Å². The molecule has 0 fully saturated rings. The van der Waals surface area contributed by atoms with Crippen LogP contribution in [0.25, 0.3) is 11.6 Å². The Morgan fingerprint density at radius 1 is 0.933 bits per heavy atom. The molecule has 0 heterocycles. The first-order valence-electron chi connectivity index (χ1n) is 10.7. The normalized spacial score (nSPS) is 17.8. The van der Waals surface area contributed by atoms with E-state index in [-0.39, 0.29) is 16.8 Å². The highest BCUT2D eigenvalue weighted by atomic mass is 16.5. The third kappa shape index (κ3) is 4.56. The molecule has 0 aromatic heterocycles. The SMILES string of the molecule is CCOC(=O)c1ccc(/C=C(\C)c2ccc3c(c2)CC(C)(C)C(=O)C(C)(C)C3)cc1. The van der Waals surface area contributed by atoms with Gasteiger partial charge in [0, 0.05) is 10.8 Å². The maximum Gasteiger partial charge on any atom is 0.338 e. The molecular formula is C27H32O3. The standard InChI is InChI=1S/C27H32O3/c1-7-30-24(28)20-10-8-19(9-11-20)14-18(2)21-12-13-22-16-26(3,4)25(29)27(5,6)17-23(22)15-21/h8-15H,7,16-17H2,1-6H3/b18-14+. The van der Waals surface area contributed by atoms with Crippen LogP contribution >= 0.6 is 0 Å². The number of esters is 1. The van der Waals surface area contributed by atoms with Gasteiger partial charge in [-0.05, 0) is 66.6 Å². The molecule has 0 aliphatic heterocycles. The van der Waals surface area contributed by atoms with Crippen molar-refractivity contribution in [3.05, 3.63) is 70.3 Å². The minimum atomic E-state index is -0.367. The van der Waals surface area contributed by atoms with Crippen LogP contribution in [0, 0.1) is 10.8 Å². The number of hydrogen-bond donors (Lipinski definition) is 0. The molecule has 30 heavy (non-hydrogen) atoms. The van der Waals surface area contributed by atoms with Gasteiger partial charge in [-0.2, -0.15) is 0 Å². The van der Waals surface area contributed by atoms with Crippen molar-refractivity contribution in [3.8, 4) is 0 Å². The average molecular weight is 405 g/mol. The van der Waals surface area contributed by atoms with Crippen LogP contribution in [-0.4, -0.2) is 18.4 Å². The van der Waals surface area contributed by atoms with E-state index in [4.69, 9.17) is 4.74 Å². The number of rotatable bonds is 4. The first-order chi connectivity index (χ1) is 14.0. The second-order valence-electron chi connectivity index (χ2n) is 9.60. The van der Waals surface area contributed by atoms with Gasteiger partial charge in [0.2, 0.25) is 0 Å². The minimum absolute atomic E-state index is 0.296. The highest BCUT2D eigenvalue weighted by Crippen LogP contribution is 2.40. The fourth-order valence-corrected chi connectivity index (χ4v) is 4.50. The van der Waals surface area contributed by atoms with Gasteiger partial charge in [-0.1, -0.05) is 64.1 Å². The van der Waals surface area contributed by atoms with Gasteiger partial charge in [0.05, 0.1) is 12.2 Å². The van der Waals surface area contributed by atoms with Crippen LogP contribution in [0.4, 0.5) is 0 Å². The van der Waals surface area contributed by atoms with Crippen molar-refractivity contribution in [3.63, 3.8) is 0 Å². The molecule has 0 spiro atoms. The molecule has 0 saturated carbocycles. The average Bonchev–Trinajstić information content (AvgIpc) is 2.75. The number of benzene rings is 2. The van der Waals surface area contributed by atoms with E-state index < -0.39 is 0 Å². The van der Waals surface area contributed by atoms with Gasteiger partial charge in [0.15, 0.2) is 0 Å². The van der Waals surface area contributed by atoms with E-state index in [0.717, 1.165) is 29.5 Å². The summed E-state index contributed by atoms with van der Waals surface area (Å²) in [5.41, 5.74) is 5.73. The summed E-state index contributed by atoms with van der Waals surface area (Å²) in [6.07, 6.45) is 3.66. The number of carbonyl (C=O) groups excluding carboxylic acids is 2. The molecule has 0 N–H and O–H groups in total. The second kappa shape index (κ2) is 8.22. The molecule has 1 aliphatic rings. The molecule has 0 atom stereocenters. The van der Waals surface area contributed by atoms with Crippen LogP contribution in [0.5, 0.6) is 0 Å². The zero-order valence-corrected chi connectivity index (χ0v) is 19.0. The van der Waals surface area contributed by atoms with Gasteiger partial charge in [0.1, 0.15) is 5.78 Å². The zero-order chi connectivity index (χ0) is 22.1. The van der Waals surface area contributed by atoms with Crippen LogP contribution in [-0.2, 0) is 22.4 Å². The van der Waals surface area contributed by atoms with E-state index in [9.17, 15) is 9.59 Å². The Morgan fingerprint density at radius 2 is 1.50 bits per heavy atom.